The lowest BCUT2D eigenvalue weighted by molar-refractivity contribution is -0.132. The molecule has 0 spiro atoms. The first-order valence-corrected chi connectivity index (χ1v) is 12.8. The molecule has 1 heterocycles. The maximum absolute atomic E-state index is 13.8. The Kier molecular flexibility index (Phi) is 8.26. The van der Waals surface area contributed by atoms with E-state index in [0.717, 1.165) is 37.7 Å². The van der Waals surface area contributed by atoms with Crippen molar-refractivity contribution < 1.29 is 19.1 Å². The zero-order chi connectivity index (χ0) is 25.0. The number of aryl methyl sites for hydroxylation is 1. The fourth-order valence-electron chi connectivity index (χ4n) is 5.11. The summed E-state index contributed by atoms with van der Waals surface area (Å²) in [5, 5.41) is 2.89. The summed E-state index contributed by atoms with van der Waals surface area (Å²) in [6, 6.07) is 4.02. The van der Waals surface area contributed by atoms with Gasteiger partial charge in [0, 0.05) is 37.2 Å². The summed E-state index contributed by atoms with van der Waals surface area (Å²) in [7, 11) is 0. The van der Waals surface area contributed by atoms with E-state index < -0.39 is 5.60 Å². The molecule has 1 aromatic carbocycles. The molecule has 1 N–H and O–H groups in total. The zero-order valence-electron chi connectivity index (χ0n) is 21.7. The number of amides is 3. The Labute approximate surface area is 204 Å². The molecule has 7 nitrogen and oxygen atoms in total. The number of benzene rings is 1. The van der Waals surface area contributed by atoms with E-state index in [1.165, 1.54) is 6.42 Å². The van der Waals surface area contributed by atoms with Crippen molar-refractivity contribution in [2.24, 2.45) is 0 Å². The average Bonchev–Trinajstić information content (AvgIpc) is 2.76. The topological polar surface area (TPSA) is 79.0 Å². The van der Waals surface area contributed by atoms with Gasteiger partial charge in [0.25, 0.3) is 11.8 Å². The van der Waals surface area contributed by atoms with Gasteiger partial charge in [0.15, 0.2) is 5.60 Å². The van der Waals surface area contributed by atoms with Gasteiger partial charge in [-0.1, -0.05) is 26.2 Å². The lowest BCUT2D eigenvalue weighted by Gasteiger charge is -2.40. The maximum atomic E-state index is 13.8. The first kappa shape index (κ1) is 26.0. The molecule has 1 aromatic rings. The molecule has 0 bridgehead atoms. The number of nitrogens with one attached hydrogen (secondary N) is 1. The van der Waals surface area contributed by atoms with Gasteiger partial charge in [0.1, 0.15) is 5.75 Å². The molecule has 1 fully saturated rings. The summed E-state index contributed by atoms with van der Waals surface area (Å²) in [5.74, 6) is 0.394. The number of nitrogens with zero attached hydrogens (tertiary/aromatic N) is 2. The first-order valence-electron chi connectivity index (χ1n) is 12.8. The molecule has 1 aliphatic heterocycles. The predicted octanol–water partition coefficient (Wildman–Crippen LogP) is 4.60. The predicted molar refractivity (Wildman–Crippen MR) is 134 cm³/mol. The highest BCUT2D eigenvalue weighted by molar-refractivity contribution is 6.05. The molecule has 0 unspecified atom stereocenters. The molecule has 0 atom stereocenters. The Morgan fingerprint density at radius 3 is 2.50 bits per heavy atom. The molecule has 0 aromatic heterocycles. The maximum Gasteiger partial charge on any atom is 0.270 e. The van der Waals surface area contributed by atoms with Crippen molar-refractivity contribution in [3.05, 3.63) is 23.3 Å². The monoisotopic (exact) mass is 471 g/mol. The molecule has 1 aliphatic carbocycles. The normalized spacial score (nSPS) is 17.9. The number of carbonyl (C=O) groups excluding carboxylic acids is 3. The Morgan fingerprint density at radius 1 is 1.21 bits per heavy atom. The molecule has 34 heavy (non-hydrogen) atoms. The van der Waals surface area contributed by atoms with E-state index in [1.54, 1.807) is 18.7 Å². The first-order chi connectivity index (χ1) is 16.1. The van der Waals surface area contributed by atoms with E-state index in [-0.39, 0.29) is 29.8 Å². The third-order valence-electron chi connectivity index (χ3n) is 6.85. The molecular formula is C27H41N3O4. The van der Waals surface area contributed by atoms with Crippen molar-refractivity contribution >= 4 is 23.4 Å². The zero-order valence-corrected chi connectivity index (χ0v) is 21.7. The fraction of sp³-hybridized carbons (Fsp3) is 0.667. The second kappa shape index (κ2) is 10.8. The molecule has 0 saturated heterocycles. The Morgan fingerprint density at radius 2 is 1.88 bits per heavy atom. The molecular weight excluding hydrogens is 430 g/mol. The van der Waals surface area contributed by atoms with Gasteiger partial charge in [0.05, 0.1) is 5.69 Å². The van der Waals surface area contributed by atoms with Gasteiger partial charge in [-0.15, -0.1) is 0 Å². The fourth-order valence-corrected chi connectivity index (χ4v) is 5.11. The smallest absolute Gasteiger partial charge is 0.270 e. The molecule has 2 aliphatic rings. The Hall–Kier alpha value is -2.57. The highest BCUT2D eigenvalue weighted by atomic mass is 16.5. The molecule has 1 saturated carbocycles. The van der Waals surface area contributed by atoms with Crippen molar-refractivity contribution in [2.45, 2.75) is 104 Å². The minimum absolute atomic E-state index is 0.00989. The van der Waals surface area contributed by atoms with Crippen LogP contribution in [0.2, 0.25) is 0 Å². The van der Waals surface area contributed by atoms with Crippen LogP contribution in [0.3, 0.4) is 0 Å². The summed E-state index contributed by atoms with van der Waals surface area (Å²) in [4.78, 5) is 42.7. The SMILES string of the molecule is CCCC(=O)NCCN1C(=O)C(C)(C)Oc2cc(C)c(C(=O)N(C(C)C)C3CCCCC3)cc21. The van der Waals surface area contributed by atoms with Gasteiger partial charge in [-0.2, -0.15) is 0 Å². The average molecular weight is 472 g/mol. The van der Waals surface area contributed by atoms with Gasteiger partial charge in [-0.05, 0) is 71.6 Å². The van der Waals surface area contributed by atoms with Crippen LogP contribution in [0.15, 0.2) is 12.1 Å². The van der Waals surface area contributed by atoms with Crippen LogP contribution in [-0.2, 0) is 9.59 Å². The van der Waals surface area contributed by atoms with Gasteiger partial charge in [-0.25, -0.2) is 0 Å². The molecule has 0 radical (unpaired) electrons. The summed E-state index contributed by atoms with van der Waals surface area (Å²) < 4.78 is 6.06. The van der Waals surface area contributed by atoms with Crippen LogP contribution in [0.5, 0.6) is 5.75 Å². The summed E-state index contributed by atoms with van der Waals surface area (Å²) in [6.45, 7) is 12.2. The van der Waals surface area contributed by atoms with Gasteiger partial charge < -0.3 is 19.9 Å². The number of rotatable bonds is 8. The number of hydrogen-bond donors (Lipinski definition) is 1. The van der Waals surface area contributed by atoms with Gasteiger partial charge in [0.2, 0.25) is 5.91 Å². The quantitative estimate of drug-likeness (QED) is 0.601. The Bertz CT molecular complexity index is 919. The van der Waals surface area contributed by atoms with Crippen molar-refractivity contribution in [1.82, 2.24) is 10.2 Å². The number of fused-ring (bicyclic) bond motifs is 1. The van der Waals surface area contributed by atoms with Crippen LogP contribution in [0.25, 0.3) is 0 Å². The van der Waals surface area contributed by atoms with Crippen LogP contribution in [-0.4, -0.2) is 53.4 Å². The minimum Gasteiger partial charge on any atom is -0.476 e. The molecule has 3 amide bonds. The highest BCUT2D eigenvalue weighted by Crippen LogP contribution is 2.40. The highest BCUT2D eigenvalue weighted by Gasteiger charge is 2.41. The number of anilines is 1. The van der Waals surface area contributed by atoms with Crippen LogP contribution >= 0.6 is 0 Å². The number of ether oxygens (including phenoxy) is 1. The van der Waals surface area contributed by atoms with E-state index in [4.69, 9.17) is 4.74 Å². The van der Waals surface area contributed by atoms with Gasteiger partial charge >= 0.3 is 0 Å². The third-order valence-corrected chi connectivity index (χ3v) is 6.85. The van der Waals surface area contributed by atoms with Crippen LogP contribution in [0.1, 0.15) is 95.5 Å². The van der Waals surface area contributed by atoms with Crippen molar-refractivity contribution in [3.8, 4) is 5.75 Å². The van der Waals surface area contributed by atoms with E-state index in [1.807, 2.05) is 30.9 Å². The van der Waals surface area contributed by atoms with Crippen LogP contribution in [0.4, 0.5) is 5.69 Å². The van der Waals surface area contributed by atoms with Crippen LogP contribution in [0, 0.1) is 6.92 Å². The summed E-state index contributed by atoms with van der Waals surface area (Å²) >= 11 is 0. The van der Waals surface area contributed by atoms with E-state index in [9.17, 15) is 14.4 Å². The van der Waals surface area contributed by atoms with Crippen LogP contribution < -0.4 is 15.0 Å². The minimum atomic E-state index is -1.02. The largest absolute Gasteiger partial charge is 0.476 e. The van der Waals surface area contributed by atoms with E-state index >= 15 is 0 Å². The van der Waals surface area contributed by atoms with Crippen molar-refractivity contribution in [3.63, 3.8) is 0 Å². The molecule has 7 heteroatoms. The third kappa shape index (κ3) is 5.56. The van der Waals surface area contributed by atoms with E-state index in [2.05, 4.69) is 19.2 Å². The lowest BCUT2D eigenvalue weighted by atomic mass is 9.92. The van der Waals surface area contributed by atoms with E-state index in [0.29, 0.717) is 36.5 Å². The lowest BCUT2D eigenvalue weighted by Crippen LogP contribution is -2.54. The molecule has 188 valence electrons. The van der Waals surface area contributed by atoms with Crippen molar-refractivity contribution in [1.29, 1.82) is 0 Å². The summed E-state index contributed by atoms with van der Waals surface area (Å²) in [6.07, 6.45) is 6.84. The van der Waals surface area contributed by atoms with Crippen molar-refractivity contribution in [2.75, 3.05) is 18.0 Å². The van der Waals surface area contributed by atoms with Gasteiger partial charge in [-0.3, -0.25) is 14.4 Å². The second-order valence-electron chi connectivity index (χ2n) is 10.4. The second-order valence-corrected chi connectivity index (χ2v) is 10.4. The number of hydrogen-bond acceptors (Lipinski definition) is 4. The summed E-state index contributed by atoms with van der Waals surface area (Å²) in [5.41, 5.74) is 1.01. The number of carbonyl (C=O) groups is 3. The molecule has 3 rings (SSSR count). The Balaban J connectivity index is 1.93. The standard InChI is InChI=1S/C27H41N3O4/c1-7-11-24(31)28-14-15-29-22-17-21(19(4)16-23(22)34-27(5,6)26(29)33)25(32)30(18(2)3)20-12-9-8-10-13-20/h16-18,20H,7-15H2,1-6H3,(H,28,31).